The van der Waals surface area contributed by atoms with E-state index in [1.54, 1.807) is 6.07 Å². The normalized spacial score (nSPS) is 17.0. The van der Waals surface area contributed by atoms with Crippen LogP contribution in [0.5, 0.6) is 0 Å². The maximum absolute atomic E-state index is 13.8. The zero-order valence-corrected chi connectivity index (χ0v) is 15.5. The van der Waals surface area contributed by atoms with Gasteiger partial charge in [-0.25, -0.2) is 14.7 Å². The van der Waals surface area contributed by atoms with Crippen LogP contribution in [0.15, 0.2) is 48.5 Å². The minimum Gasteiger partial charge on any atom is -0.354 e. The van der Waals surface area contributed by atoms with Gasteiger partial charge in [0.2, 0.25) is 5.91 Å². The summed E-state index contributed by atoms with van der Waals surface area (Å²) in [5.41, 5.74) is 6.17. The van der Waals surface area contributed by atoms with E-state index in [1.165, 1.54) is 12.1 Å². The van der Waals surface area contributed by atoms with Crippen LogP contribution in [-0.2, 0) is 20.8 Å². The van der Waals surface area contributed by atoms with Gasteiger partial charge in [-0.1, -0.05) is 30.3 Å². The average Bonchev–Trinajstić information content (AvgIpc) is 3.10. The Hall–Kier alpha value is -2.70. The van der Waals surface area contributed by atoms with Gasteiger partial charge in [-0.15, -0.1) is 0 Å². The van der Waals surface area contributed by atoms with E-state index in [0.717, 1.165) is 47.0 Å². The number of H-pyrrole nitrogens is 1. The Balaban J connectivity index is 1.50. The van der Waals surface area contributed by atoms with Crippen LogP contribution in [0.25, 0.3) is 22.2 Å². The van der Waals surface area contributed by atoms with Gasteiger partial charge >= 0.3 is 0 Å². The molecule has 1 saturated heterocycles. The van der Waals surface area contributed by atoms with E-state index in [4.69, 9.17) is 9.57 Å². The largest absolute Gasteiger partial charge is 0.354 e. The molecule has 3 aromatic rings. The van der Waals surface area contributed by atoms with Crippen LogP contribution < -0.4 is 5.48 Å². The zero-order valence-electron chi connectivity index (χ0n) is 15.5. The third kappa shape index (κ3) is 4.24. The first-order chi connectivity index (χ1) is 13.7. The molecule has 4 rings (SSSR count). The van der Waals surface area contributed by atoms with Gasteiger partial charge in [0, 0.05) is 36.0 Å². The molecule has 0 saturated carbocycles. The van der Waals surface area contributed by atoms with Crippen molar-refractivity contribution in [3.63, 3.8) is 0 Å². The number of ether oxygens (including phenoxy) is 1. The fourth-order valence-corrected chi connectivity index (χ4v) is 3.56. The lowest BCUT2D eigenvalue weighted by atomic mass is 10.0. The Kier molecular flexibility index (Phi) is 5.69. The topological polar surface area (TPSA) is 63.4 Å². The van der Waals surface area contributed by atoms with E-state index in [0.29, 0.717) is 13.0 Å². The predicted octanol–water partition coefficient (Wildman–Crippen LogP) is 4.48. The summed E-state index contributed by atoms with van der Waals surface area (Å²) < 4.78 is 19.3. The van der Waals surface area contributed by atoms with Crippen molar-refractivity contribution in [2.24, 2.45) is 0 Å². The maximum Gasteiger partial charge on any atom is 0.243 e. The molecule has 2 aromatic carbocycles. The first-order valence-corrected chi connectivity index (χ1v) is 9.62. The number of hydrogen-bond donors (Lipinski definition) is 2. The van der Waals surface area contributed by atoms with Gasteiger partial charge in [-0.3, -0.25) is 4.79 Å². The summed E-state index contributed by atoms with van der Waals surface area (Å²) in [5.74, 6) is -0.520. The molecule has 2 heterocycles. The van der Waals surface area contributed by atoms with Crippen molar-refractivity contribution in [3.05, 3.63) is 59.9 Å². The van der Waals surface area contributed by atoms with Crippen LogP contribution in [0.4, 0.5) is 4.39 Å². The summed E-state index contributed by atoms with van der Waals surface area (Å²) in [6, 6.07) is 14.5. The molecule has 0 spiro atoms. The van der Waals surface area contributed by atoms with E-state index < -0.39 is 0 Å². The number of aryl methyl sites for hydroxylation is 1. The number of hydrogen-bond acceptors (Lipinski definition) is 3. The van der Waals surface area contributed by atoms with Crippen LogP contribution in [0.3, 0.4) is 0 Å². The lowest BCUT2D eigenvalue weighted by Gasteiger charge is -2.22. The number of carbonyl (C=O) groups is 1. The molecule has 0 radical (unpaired) electrons. The van der Waals surface area contributed by atoms with Crippen molar-refractivity contribution in [3.8, 4) is 11.3 Å². The number of benzene rings is 2. The highest BCUT2D eigenvalue weighted by Crippen LogP contribution is 2.31. The highest BCUT2D eigenvalue weighted by molar-refractivity contribution is 5.91. The summed E-state index contributed by atoms with van der Waals surface area (Å²) >= 11 is 0. The van der Waals surface area contributed by atoms with Crippen LogP contribution in [-0.4, -0.2) is 23.8 Å². The van der Waals surface area contributed by atoms with E-state index in [-0.39, 0.29) is 24.4 Å². The smallest absolute Gasteiger partial charge is 0.243 e. The molecular formula is C22H23FN2O3. The van der Waals surface area contributed by atoms with Crippen molar-refractivity contribution >= 4 is 16.8 Å². The molecule has 6 heteroatoms. The molecule has 0 bridgehead atoms. The van der Waals surface area contributed by atoms with Crippen molar-refractivity contribution in [1.29, 1.82) is 0 Å². The molecule has 1 aromatic heterocycles. The number of carbonyl (C=O) groups excluding carboxylic acids is 1. The fraction of sp³-hybridized carbons (Fsp3) is 0.318. The van der Waals surface area contributed by atoms with E-state index in [9.17, 15) is 9.18 Å². The Morgan fingerprint density at radius 3 is 2.86 bits per heavy atom. The number of aromatic nitrogens is 1. The van der Waals surface area contributed by atoms with Crippen LogP contribution in [0, 0.1) is 5.82 Å². The zero-order chi connectivity index (χ0) is 19.3. The molecule has 1 amide bonds. The number of rotatable bonds is 6. The van der Waals surface area contributed by atoms with Gasteiger partial charge in [-0.2, -0.15) is 0 Å². The second-order valence-corrected chi connectivity index (χ2v) is 6.97. The Labute approximate surface area is 162 Å². The average molecular weight is 382 g/mol. The standard InChI is InChI=1S/C22H23FN2O3/c23-16-9-11-19-18(14-16)17(22(24-19)15-6-2-1-3-7-15)10-12-20(26)25-28-21-8-4-5-13-27-21/h1-3,6-7,9,11,14,21,24H,4-5,8,10,12-13H2,(H,25,26). The third-order valence-corrected chi connectivity index (χ3v) is 4.97. The molecule has 1 atom stereocenters. The Morgan fingerprint density at radius 1 is 1.21 bits per heavy atom. The second kappa shape index (κ2) is 8.54. The summed E-state index contributed by atoms with van der Waals surface area (Å²) in [6.45, 7) is 0.655. The molecule has 0 aliphatic carbocycles. The van der Waals surface area contributed by atoms with E-state index >= 15 is 0 Å². The maximum atomic E-state index is 13.8. The fourth-order valence-electron chi connectivity index (χ4n) is 3.56. The van der Waals surface area contributed by atoms with Gasteiger partial charge in [-0.05, 0) is 48.6 Å². The van der Waals surface area contributed by atoms with Gasteiger partial charge in [0.15, 0.2) is 6.29 Å². The van der Waals surface area contributed by atoms with Crippen molar-refractivity contribution in [2.45, 2.75) is 38.4 Å². The number of nitrogens with one attached hydrogen (secondary N) is 2. The summed E-state index contributed by atoms with van der Waals surface area (Å²) in [5, 5.41) is 0.795. The summed E-state index contributed by atoms with van der Waals surface area (Å²) in [7, 11) is 0. The first kappa shape index (κ1) is 18.7. The molecule has 1 fully saturated rings. The Morgan fingerprint density at radius 2 is 2.07 bits per heavy atom. The molecule has 28 heavy (non-hydrogen) atoms. The number of halogens is 1. The minimum atomic E-state index is -0.375. The predicted molar refractivity (Wildman–Crippen MR) is 105 cm³/mol. The molecular weight excluding hydrogens is 359 g/mol. The molecule has 1 unspecified atom stereocenters. The highest BCUT2D eigenvalue weighted by Gasteiger charge is 2.18. The van der Waals surface area contributed by atoms with Crippen molar-refractivity contribution in [2.75, 3.05) is 6.61 Å². The monoisotopic (exact) mass is 382 g/mol. The third-order valence-electron chi connectivity index (χ3n) is 4.97. The molecule has 1 aliphatic rings. The molecule has 5 nitrogen and oxygen atoms in total. The molecule has 1 aliphatic heterocycles. The lowest BCUT2D eigenvalue weighted by Crippen LogP contribution is -2.33. The van der Waals surface area contributed by atoms with Gasteiger partial charge in [0.05, 0.1) is 0 Å². The van der Waals surface area contributed by atoms with E-state index in [1.807, 2.05) is 30.3 Å². The minimum absolute atomic E-state index is 0.223. The number of amides is 1. The molecule has 146 valence electrons. The summed E-state index contributed by atoms with van der Waals surface area (Å²) in [6.07, 6.45) is 3.15. The number of aromatic amines is 1. The highest BCUT2D eigenvalue weighted by atomic mass is 19.1. The Bertz CT molecular complexity index is 949. The SMILES string of the molecule is O=C(CCc1c(-c2ccccc2)[nH]c2ccc(F)cc12)NOC1CCCCO1. The van der Waals surface area contributed by atoms with Gasteiger partial charge < -0.3 is 9.72 Å². The van der Waals surface area contributed by atoms with Crippen LogP contribution in [0.2, 0.25) is 0 Å². The van der Waals surface area contributed by atoms with Crippen molar-refractivity contribution in [1.82, 2.24) is 10.5 Å². The van der Waals surface area contributed by atoms with Gasteiger partial charge in [0.25, 0.3) is 0 Å². The lowest BCUT2D eigenvalue weighted by molar-refractivity contribution is -0.200. The molecule has 2 N–H and O–H groups in total. The number of fused-ring (bicyclic) bond motifs is 1. The quantitative estimate of drug-likeness (QED) is 0.618. The van der Waals surface area contributed by atoms with Crippen LogP contribution in [0.1, 0.15) is 31.2 Å². The number of hydroxylamine groups is 1. The van der Waals surface area contributed by atoms with Crippen LogP contribution >= 0.6 is 0 Å². The second-order valence-electron chi connectivity index (χ2n) is 6.97. The van der Waals surface area contributed by atoms with Crippen molar-refractivity contribution < 1.29 is 18.8 Å². The summed E-state index contributed by atoms with van der Waals surface area (Å²) in [4.78, 5) is 21.0. The first-order valence-electron chi connectivity index (χ1n) is 9.62. The van der Waals surface area contributed by atoms with E-state index in [2.05, 4.69) is 10.5 Å². The van der Waals surface area contributed by atoms with Gasteiger partial charge in [0.1, 0.15) is 5.82 Å².